The highest BCUT2D eigenvalue weighted by atomic mass is 19.4. The van der Waals surface area contributed by atoms with Gasteiger partial charge >= 0.3 is 12.1 Å². The number of hydrogen-bond donors (Lipinski definition) is 1. The summed E-state index contributed by atoms with van der Waals surface area (Å²) >= 11 is 0. The molecule has 0 bridgehead atoms. The minimum Gasteiger partial charge on any atom is -0.481 e. The average molecular weight is 658 g/mol. The molecule has 0 aliphatic carbocycles. The van der Waals surface area contributed by atoms with Gasteiger partial charge in [-0.3, -0.25) is 14.5 Å². The van der Waals surface area contributed by atoms with Crippen molar-refractivity contribution in [3.05, 3.63) is 64.7 Å². The maximum atomic E-state index is 14.5. The number of aryl methyl sites for hydroxylation is 1. The quantitative estimate of drug-likeness (QED) is 0.408. The third-order valence-electron chi connectivity index (χ3n) is 11.0. The molecule has 2 aromatic carbocycles. The van der Waals surface area contributed by atoms with Crippen LogP contribution in [-0.2, 0) is 25.2 Å². The third-order valence-corrected chi connectivity index (χ3v) is 11.0. The lowest BCUT2D eigenvalue weighted by Crippen LogP contribution is -2.40. The maximum absolute atomic E-state index is 14.5. The van der Waals surface area contributed by atoms with Crippen molar-refractivity contribution in [1.82, 2.24) is 9.80 Å². The van der Waals surface area contributed by atoms with Crippen LogP contribution in [0.5, 0.6) is 0 Å². The minimum atomic E-state index is -4.51. The molecule has 0 unspecified atom stereocenters. The predicted molar refractivity (Wildman–Crippen MR) is 172 cm³/mol. The van der Waals surface area contributed by atoms with Gasteiger partial charge in [0.2, 0.25) is 5.91 Å². The molecule has 1 N–H and O–H groups in total. The molecule has 256 valence electrons. The lowest BCUT2D eigenvalue weighted by atomic mass is 9.86. The van der Waals surface area contributed by atoms with E-state index in [1.54, 1.807) is 13.2 Å². The summed E-state index contributed by atoms with van der Waals surface area (Å²) in [7, 11) is 1.61. The number of rotatable bonds is 8. The molecule has 0 saturated carbocycles. The molecule has 0 aromatic heterocycles. The number of methoxy groups -OCH3 is 1. The van der Waals surface area contributed by atoms with Crippen LogP contribution in [0.15, 0.2) is 42.5 Å². The van der Waals surface area contributed by atoms with Gasteiger partial charge in [0.05, 0.1) is 24.0 Å². The summed E-state index contributed by atoms with van der Waals surface area (Å²) < 4.78 is 53.0. The van der Waals surface area contributed by atoms with E-state index in [1.165, 1.54) is 11.6 Å². The molecule has 0 radical (unpaired) electrons. The van der Waals surface area contributed by atoms with Crippen molar-refractivity contribution in [2.24, 2.45) is 17.8 Å². The number of amides is 1. The molecule has 1 amide bonds. The van der Waals surface area contributed by atoms with Crippen molar-refractivity contribution in [3.63, 3.8) is 0 Å². The van der Waals surface area contributed by atoms with Crippen molar-refractivity contribution in [1.29, 1.82) is 0 Å². The highest BCUT2D eigenvalue weighted by Gasteiger charge is 2.46. The van der Waals surface area contributed by atoms with Crippen molar-refractivity contribution in [2.75, 3.05) is 71.1 Å². The number of carbonyl (C=O) groups excluding carboxylic acids is 1. The first-order chi connectivity index (χ1) is 22.5. The lowest BCUT2D eigenvalue weighted by Gasteiger charge is -2.35. The fraction of sp³-hybridized carbons (Fsp3) is 0.611. The van der Waals surface area contributed by atoms with Gasteiger partial charge in [0, 0.05) is 89.1 Å². The number of nitrogens with zero attached hydrogens (tertiary/aromatic N) is 3. The Morgan fingerprint density at radius 3 is 2.28 bits per heavy atom. The zero-order valence-electron chi connectivity index (χ0n) is 27.3. The molecule has 0 spiro atoms. The summed E-state index contributed by atoms with van der Waals surface area (Å²) in [5.41, 5.74) is 2.83. The van der Waals surface area contributed by atoms with E-state index in [4.69, 9.17) is 9.47 Å². The largest absolute Gasteiger partial charge is 0.481 e. The minimum absolute atomic E-state index is 0.0445. The van der Waals surface area contributed by atoms with Gasteiger partial charge in [0.15, 0.2) is 0 Å². The van der Waals surface area contributed by atoms with E-state index in [9.17, 15) is 27.9 Å². The summed E-state index contributed by atoms with van der Waals surface area (Å²) in [6, 6.07) is 12.8. The van der Waals surface area contributed by atoms with E-state index >= 15 is 0 Å². The van der Waals surface area contributed by atoms with E-state index in [-0.39, 0.29) is 29.6 Å². The SMILES string of the molecule is COC[C@H]1CN(C(=O)[C@@H]2CN(C3CCOCC3)C[C@H]2c2ccc(C)cc2)C[C@@H]1c1ccc(C(F)(F)F)cc1N1CCC(C(=O)O)CC1. The van der Waals surface area contributed by atoms with Crippen LogP contribution < -0.4 is 4.90 Å². The number of piperidine rings is 1. The van der Waals surface area contributed by atoms with Crippen LogP contribution in [0.2, 0.25) is 0 Å². The Kier molecular flexibility index (Phi) is 10.2. The third kappa shape index (κ3) is 7.32. The number of hydrogen-bond acceptors (Lipinski definition) is 6. The molecule has 4 fully saturated rings. The number of alkyl halides is 3. The van der Waals surface area contributed by atoms with Crippen LogP contribution in [0.25, 0.3) is 0 Å². The topological polar surface area (TPSA) is 82.6 Å². The summed E-state index contributed by atoms with van der Waals surface area (Å²) in [6.45, 7) is 6.93. The number of carbonyl (C=O) groups is 2. The predicted octanol–water partition coefficient (Wildman–Crippen LogP) is 5.40. The Morgan fingerprint density at radius 1 is 0.936 bits per heavy atom. The highest BCUT2D eigenvalue weighted by molar-refractivity contribution is 5.81. The molecule has 4 atom stereocenters. The van der Waals surface area contributed by atoms with Gasteiger partial charge < -0.3 is 24.4 Å². The van der Waals surface area contributed by atoms with Crippen molar-refractivity contribution in [2.45, 2.75) is 56.7 Å². The first kappa shape index (κ1) is 33.7. The monoisotopic (exact) mass is 657 g/mol. The van der Waals surface area contributed by atoms with Crippen LogP contribution in [0, 0.1) is 24.7 Å². The fourth-order valence-electron chi connectivity index (χ4n) is 8.28. The summed E-state index contributed by atoms with van der Waals surface area (Å²) in [5, 5.41) is 9.50. The van der Waals surface area contributed by atoms with Crippen LogP contribution >= 0.6 is 0 Å². The molecule has 4 aliphatic heterocycles. The van der Waals surface area contributed by atoms with Crippen molar-refractivity contribution >= 4 is 17.6 Å². The molecule has 8 nitrogen and oxygen atoms in total. The number of benzene rings is 2. The standard InChI is InChI=1S/C36H46F3N3O5/c1-23-3-5-24(6-4-23)30-19-41(28-11-15-47-16-12-28)21-32(30)34(43)42-18-26(22-46-2)31(20-42)29-8-7-27(36(37,38)39)17-33(29)40-13-9-25(10-14-40)35(44)45/h3-8,17,25-26,28,30-32H,9-16,18-22H2,1-2H3,(H,44,45)/t26-,30+,31+,32-/m1/s1. The Labute approximate surface area is 274 Å². The molecular formula is C36H46F3N3O5. The van der Waals surface area contributed by atoms with E-state index in [0.717, 1.165) is 49.8 Å². The van der Waals surface area contributed by atoms with Gasteiger partial charge in [-0.15, -0.1) is 0 Å². The molecule has 11 heteroatoms. The molecule has 2 aromatic rings. The smallest absolute Gasteiger partial charge is 0.416 e. The van der Waals surface area contributed by atoms with Crippen LogP contribution in [0.1, 0.15) is 59.8 Å². The first-order valence-corrected chi connectivity index (χ1v) is 16.9. The van der Waals surface area contributed by atoms with Crippen LogP contribution in [0.4, 0.5) is 18.9 Å². The number of carboxylic acids is 1. The van der Waals surface area contributed by atoms with Gasteiger partial charge in [-0.2, -0.15) is 13.2 Å². The molecule has 4 saturated heterocycles. The second-order valence-corrected chi connectivity index (χ2v) is 13.9. The first-order valence-electron chi connectivity index (χ1n) is 16.9. The molecule has 4 heterocycles. The van der Waals surface area contributed by atoms with Crippen molar-refractivity contribution in [3.8, 4) is 0 Å². The van der Waals surface area contributed by atoms with Gasteiger partial charge in [-0.25, -0.2) is 0 Å². The van der Waals surface area contributed by atoms with Gasteiger partial charge in [-0.05, 0) is 55.9 Å². The lowest BCUT2D eigenvalue weighted by molar-refractivity contribution is -0.142. The second-order valence-electron chi connectivity index (χ2n) is 13.9. The number of halogens is 3. The Hall–Kier alpha value is -3.15. The molecule has 47 heavy (non-hydrogen) atoms. The number of carboxylic acid groups (broad SMARTS) is 1. The molecule has 4 aliphatic rings. The van der Waals surface area contributed by atoms with Gasteiger partial charge in [0.25, 0.3) is 0 Å². The van der Waals surface area contributed by atoms with Gasteiger partial charge in [-0.1, -0.05) is 35.9 Å². The van der Waals surface area contributed by atoms with E-state index in [2.05, 4.69) is 36.1 Å². The Morgan fingerprint density at radius 2 is 1.64 bits per heavy atom. The summed E-state index contributed by atoms with van der Waals surface area (Å²) in [6.07, 6.45) is -1.88. The van der Waals surface area contributed by atoms with Crippen LogP contribution in [0.3, 0.4) is 0 Å². The van der Waals surface area contributed by atoms with E-state index in [0.29, 0.717) is 63.9 Å². The number of anilines is 1. The number of ether oxygens (including phenoxy) is 2. The van der Waals surface area contributed by atoms with Crippen molar-refractivity contribution < 1.29 is 37.3 Å². The van der Waals surface area contributed by atoms with E-state index < -0.39 is 23.6 Å². The summed E-state index contributed by atoms with van der Waals surface area (Å²) in [4.78, 5) is 32.4. The molecular weight excluding hydrogens is 611 g/mol. The van der Waals surface area contributed by atoms with Crippen LogP contribution in [-0.4, -0.2) is 99.0 Å². The Bertz CT molecular complexity index is 1410. The number of likely N-dealkylation sites (tertiary alicyclic amines) is 2. The van der Waals surface area contributed by atoms with Gasteiger partial charge in [0.1, 0.15) is 0 Å². The fourth-order valence-corrected chi connectivity index (χ4v) is 8.28. The van der Waals surface area contributed by atoms with E-state index in [1.807, 2.05) is 9.80 Å². The zero-order chi connectivity index (χ0) is 33.3. The highest BCUT2D eigenvalue weighted by Crippen LogP contribution is 2.44. The second kappa shape index (κ2) is 14.1. The Balaban J connectivity index is 1.28. The zero-order valence-corrected chi connectivity index (χ0v) is 27.3. The maximum Gasteiger partial charge on any atom is 0.416 e. The average Bonchev–Trinajstić information content (AvgIpc) is 3.70. The summed E-state index contributed by atoms with van der Waals surface area (Å²) in [5.74, 6) is -1.79. The molecule has 6 rings (SSSR count). The normalized spacial score (nSPS) is 26.7. The number of aliphatic carboxylic acids is 1.